The number of nitrogens with zero attached hydrogens (tertiary/aromatic N) is 1. The maximum atomic E-state index is 13.7. The Morgan fingerprint density at radius 3 is 2.00 bits per heavy atom. The van der Waals surface area contributed by atoms with Crippen LogP contribution >= 0.6 is 0 Å². The number of hydrogen-bond acceptors (Lipinski definition) is 3. The molecule has 26 heavy (non-hydrogen) atoms. The van der Waals surface area contributed by atoms with Crippen molar-refractivity contribution in [3.8, 4) is 0 Å². The Kier molecular flexibility index (Phi) is 5.77. The van der Waals surface area contributed by atoms with Crippen molar-refractivity contribution < 1.29 is 40.4 Å². The predicted octanol–water partition coefficient (Wildman–Crippen LogP) is 4.54. The van der Waals surface area contributed by atoms with Crippen LogP contribution < -0.4 is 5.32 Å². The van der Waals surface area contributed by atoms with E-state index in [0.29, 0.717) is 12.8 Å². The molecule has 1 aromatic rings. The van der Waals surface area contributed by atoms with Gasteiger partial charge in [-0.1, -0.05) is 5.16 Å². The van der Waals surface area contributed by atoms with Crippen molar-refractivity contribution in [1.29, 1.82) is 0 Å². The topological polar surface area (TPSA) is 50.7 Å². The van der Waals surface area contributed by atoms with Gasteiger partial charge >= 0.3 is 6.18 Å². The lowest BCUT2D eigenvalue weighted by atomic mass is 10.1. The van der Waals surface area contributed by atoms with Crippen molar-refractivity contribution in [3.05, 3.63) is 28.8 Å². The Labute approximate surface area is 143 Å². The smallest absolute Gasteiger partial charge is 0.392 e. The number of amides is 1. The monoisotopic (exact) mass is 386 g/mol. The van der Waals surface area contributed by atoms with Crippen LogP contribution in [-0.2, 0) is 15.8 Å². The largest absolute Gasteiger partial charge is 0.422 e. The molecule has 2 rings (SSSR count). The second-order valence-electron chi connectivity index (χ2n) is 5.65. The number of rotatable bonds is 4. The first kappa shape index (κ1) is 20.0. The molecule has 0 bridgehead atoms. The number of alkyl halides is 3. The van der Waals surface area contributed by atoms with Gasteiger partial charge in [-0.2, -0.15) is 13.2 Å². The lowest BCUT2D eigenvalue weighted by Crippen LogP contribution is -2.24. The normalized spacial score (nSPS) is 16.1. The lowest BCUT2D eigenvalue weighted by molar-refractivity contribution is -0.143. The summed E-state index contributed by atoms with van der Waals surface area (Å²) in [7, 11) is 0. The number of benzene rings is 1. The molecule has 0 unspecified atom stereocenters. The Balaban J connectivity index is 2.26. The number of oxime groups is 1. The van der Waals surface area contributed by atoms with Crippen LogP contribution in [-0.4, -0.2) is 17.7 Å². The van der Waals surface area contributed by atoms with E-state index in [1.807, 2.05) is 0 Å². The van der Waals surface area contributed by atoms with Crippen molar-refractivity contribution in [2.45, 2.75) is 44.9 Å². The van der Waals surface area contributed by atoms with Crippen LogP contribution in [0.5, 0.6) is 0 Å². The number of hydrogen-bond donors (Lipinski definition) is 1. The summed E-state index contributed by atoms with van der Waals surface area (Å²) in [6.07, 6.45) is -2.66. The van der Waals surface area contributed by atoms with E-state index in [0.717, 1.165) is 19.8 Å². The fraction of sp³-hybridized carbons (Fsp3) is 0.467. The van der Waals surface area contributed by atoms with Crippen molar-refractivity contribution in [3.63, 3.8) is 0 Å². The van der Waals surface area contributed by atoms with E-state index in [9.17, 15) is 35.5 Å². The Morgan fingerprint density at radius 1 is 1.04 bits per heavy atom. The third kappa shape index (κ3) is 4.07. The van der Waals surface area contributed by atoms with Crippen molar-refractivity contribution in [2.75, 3.05) is 5.32 Å². The molecule has 0 spiro atoms. The molecule has 1 aromatic carbocycles. The summed E-state index contributed by atoms with van der Waals surface area (Å²) in [5.74, 6) is -11.4. The van der Waals surface area contributed by atoms with E-state index in [1.54, 1.807) is 0 Å². The first-order chi connectivity index (χ1) is 12.0. The Hall–Kier alpha value is -2.33. The quantitative estimate of drug-likeness (QED) is 0.358. The lowest BCUT2D eigenvalue weighted by Gasteiger charge is -2.14. The standard InChI is InChI=1S/C15H13F7N2O2/c1-6(24-26-7-4-2-3-5-7)14(25)23-13-11(18)9(16)8(15(20,21)22)10(17)12(13)19/h7H,2-5H2,1H3,(H,23,25)/b24-6+. The summed E-state index contributed by atoms with van der Waals surface area (Å²) in [6, 6.07) is 0. The third-order valence-corrected chi connectivity index (χ3v) is 3.75. The highest BCUT2D eigenvalue weighted by molar-refractivity contribution is 6.42. The minimum absolute atomic E-state index is 0.229. The molecule has 11 heteroatoms. The molecule has 0 radical (unpaired) electrons. The van der Waals surface area contributed by atoms with Gasteiger partial charge in [0.05, 0.1) is 0 Å². The molecule has 0 atom stereocenters. The van der Waals surface area contributed by atoms with Gasteiger partial charge in [0, 0.05) is 0 Å². The number of carbonyl (C=O) groups is 1. The SMILES string of the molecule is C/C(=N\OC1CCCC1)C(=O)Nc1c(F)c(F)c(C(F)(F)F)c(F)c1F. The molecule has 144 valence electrons. The molecule has 0 heterocycles. The molecule has 1 fully saturated rings. The zero-order valence-corrected chi connectivity index (χ0v) is 13.3. The number of nitrogens with one attached hydrogen (secondary N) is 1. The van der Waals surface area contributed by atoms with Gasteiger partial charge in [-0.3, -0.25) is 4.79 Å². The van der Waals surface area contributed by atoms with Crippen LogP contribution in [0.3, 0.4) is 0 Å². The minimum Gasteiger partial charge on any atom is -0.392 e. The van der Waals surface area contributed by atoms with Gasteiger partial charge < -0.3 is 10.2 Å². The molecule has 1 N–H and O–H groups in total. The van der Waals surface area contributed by atoms with Gasteiger partial charge in [0.15, 0.2) is 23.3 Å². The average molecular weight is 386 g/mol. The van der Waals surface area contributed by atoms with Gasteiger partial charge in [-0.25, -0.2) is 17.6 Å². The van der Waals surface area contributed by atoms with Gasteiger partial charge in [-0.15, -0.1) is 0 Å². The zero-order valence-electron chi connectivity index (χ0n) is 13.3. The summed E-state index contributed by atoms with van der Waals surface area (Å²) >= 11 is 0. The average Bonchev–Trinajstić information content (AvgIpc) is 3.06. The van der Waals surface area contributed by atoms with Gasteiger partial charge in [0.25, 0.3) is 5.91 Å². The van der Waals surface area contributed by atoms with Crippen molar-refractivity contribution in [1.82, 2.24) is 0 Å². The molecule has 0 saturated heterocycles. The summed E-state index contributed by atoms with van der Waals surface area (Å²) in [4.78, 5) is 16.8. The molecule has 1 amide bonds. The third-order valence-electron chi connectivity index (χ3n) is 3.75. The molecule has 1 aliphatic carbocycles. The van der Waals surface area contributed by atoms with Crippen LogP contribution in [0.25, 0.3) is 0 Å². The van der Waals surface area contributed by atoms with Crippen LogP contribution in [0.2, 0.25) is 0 Å². The van der Waals surface area contributed by atoms with Crippen LogP contribution in [0.15, 0.2) is 5.16 Å². The zero-order chi connectivity index (χ0) is 19.6. The highest BCUT2D eigenvalue weighted by Gasteiger charge is 2.42. The number of carbonyl (C=O) groups excluding carboxylic acids is 1. The summed E-state index contributed by atoms with van der Waals surface area (Å²) in [5.41, 5.74) is -4.84. The number of halogens is 7. The van der Waals surface area contributed by atoms with Crippen LogP contribution in [0, 0.1) is 23.3 Å². The fourth-order valence-corrected chi connectivity index (χ4v) is 2.38. The van der Waals surface area contributed by atoms with Gasteiger partial charge in [0.1, 0.15) is 23.1 Å². The molecule has 1 aliphatic rings. The highest BCUT2D eigenvalue weighted by atomic mass is 19.4. The molecule has 1 saturated carbocycles. The molecular weight excluding hydrogens is 373 g/mol. The van der Waals surface area contributed by atoms with Crippen molar-refractivity contribution in [2.24, 2.45) is 5.16 Å². The molecule has 0 aromatic heterocycles. The first-order valence-corrected chi connectivity index (χ1v) is 7.49. The Bertz CT molecular complexity index is 711. The van der Waals surface area contributed by atoms with Crippen LogP contribution in [0.4, 0.5) is 36.4 Å². The highest BCUT2D eigenvalue weighted by Crippen LogP contribution is 2.38. The second-order valence-corrected chi connectivity index (χ2v) is 5.65. The maximum absolute atomic E-state index is 13.7. The van der Waals surface area contributed by atoms with Gasteiger partial charge in [-0.05, 0) is 32.6 Å². The van der Waals surface area contributed by atoms with E-state index in [1.165, 1.54) is 5.32 Å². The minimum atomic E-state index is -5.66. The molecule has 4 nitrogen and oxygen atoms in total. The first-order valence-electron chi connectivity index (χ1n) is 7.49. The van der Waals surface area contributed by atoms with E-state index in [-0.39, 0.29) is 6.10 Å². The van der Waals surface area contributed by atoms with Crippen molar-refractivity contribution >= 4 is 17.3 Å². The fourth-order valence-electron chi connectivity index (χ4n) is 2.38. The summed E-state index contributed by atoms with van der Waals surface area (Å²) < 4.78 is 91.9. The summed E-state index contributed by atoms with van der Waals surface area (Å²) in [5, 5.41) is 4.92. The van der Waals surface area contributed by atoms with E-state index in [2.05, 4.69) is 5.16 Å². The number of anilines is 1. The van der Waals surface area contributed by atoms with E-state index < -0.39 is 52.3 Å². The molecule has 0 aliphatic heterocycles. The second kappa shape index (κ2) is 7.50. The maximum Gasteiger partial charge on any atom is 0.422 e. The summed E-state index contributed by atoms with van der Waals surface area (Å²) in [6.45, 7) is 1.09. The van der Waals surface area contributed by atoms with Crippen LogP contribution in [0.1, 0.15) is 38.2 Å². The van der Waals surface area contributed by atoms with E-state index in [4.69, 9.17) is 4.84 Å². The Morgan fingerprint density at radius 2 is 1.54 bits per heavy atom. The predicted molar refractivity (Wildman–Crippen MR) is 76.4 cm³/mol. The van der Waals surface area contributed by atoms with Gasteiger partial charge in [0.2, 0.25) is 0 Å². The molecular formula is C15H13F7N2O2. The van der Waals surface area contributed by atoms with E-state index >= 15 is 0 Å².